The molecular formula is C19H22FN5O2. The summed E-state index contributed by atoms with van der Waals surface area (Å²) in [6, 6.07) is 4.37. The third kappa shape index (κ3) is 3.60. The summed E-state index contributed by atoms with van der Waals surface area (Å²) in [4.78, 5) is 27.0. The van der Waals surface area contributed by atoms with Crippen LogP contribution >= 0.6 is 0 Å². The molecule has 3 aromatic rings. The van der Waals surface area contributed by atoms with E-state index in [2.05, 4.69) is 15.0 Å². The van der Waals surface area contributed by atoms with E-state index in [0.29, 0.717) is 23.0 Å². The van der Waals surface area contributed by atoms with Gasteiger partial charge in [-0.05, 0) is 31.0 Å². The van der Waals surface area contributed by atoms with Crippen LogP contribution in [0.4, 0.5) is 10.2 Å². The minimum atomic E-state index is -0.367. The van der Waals surface area contributed by atoms with E-state index in [1.54, 1.807) is 28.9 Å². The maximum Gasteiger partial charge on any atom is 0.328 e. The van der Waals surface area contributed by atoms with Gasteiger partial charge >= 0.3 is 5.97 Å². The molecule has 3 aromatic heterocycles. The van der Waals surface area contributed by atoms with Crippen LogP contribution in [0, 0.1) is 5.82 Å². The van der Waals surface area contributed by atoms with Gasteiger partial charge in [0.15, 0.2) is 5.82 Å². The van der Waals surface area contributed by atoms with Crippen LogP contribution in [0.2, 0.25) is 0 Å². The van der Waals surface area contributed by atoms with E-state index >= 15 is 0 Å². The molecule has 142 valence electrons. The molecule has 0 radical (unpaired) electrons. The molecule has 1 fully saturated rings. The number of hydrogen-bond donors (Lipinski definition) is 0. The lowest BCUT2D eigenvalue weighted by Crippen LogP contribution is -2.37. The first-order chi connectivity index (χ1) is 13.2. The summed E-state index contributed by atoms with van der Waals surface area (Å²) in [5.74, 6) is 0.429. The number of ether oxygens (including phenoxy) is 1. The molecule has 0 bridgehead atoms. The fourth-order valence-corrected chi connectivity index (χ4v) is 3.17. The largest absolute Gasteiger partial charge is 0.467 e. The van der Waals surface area contributed by atoms with Crippen molar-refractivity contribution in [2.45, 2.75) is 32.7 Å². The van der Waals surface area contributed by atoms with Crippen molar-refractivity contribution in [1.82, 2.24) is 19.4 Å². The Balaban J connectivity index is 0.00000102. The summed E-state index contributed by atoms with van der Waals surface area (Å²) in [7, 11) is 1.39. The third-order valence-electron chi connectivity index (χ3n) is 4.36. The highest BCUT2D eigenvalue weighted by atomic mass is 19.1. The van der Waals surface area contributed by atoms with E-state index < -0.39 is 0 Å². The Bertz CT molecular complexity index is 943. The second kappa shape index (κ2) is 8.11. The number of aromatic nitrogens is 4. The molecule has 0 aliphatic carbocycles. The number of halogens is 1. The highest BCUT2D eigenvalue weighted by Gasteiger charge is 2.32. The summed E-state index contributed by atoms with van der Waals surface area (Å²) >= 11 is 0. The minimum absolute atomic E-state index is 0.269. The summed E-state index contributed by atoms with van der Waals surface area (Å²) in [6.45, 7) is 4.72. The molecule has 4 rings (SSSR count). The van der Waals surface area contributed by atoms with Gasteiger partial charge in [-0.3, -0.25) is 4.40 Å². The molecule has 0 N–H and O–H groups in total. The Morgan fingerprint density at radius 3 is 2.85 bits per heavy atom. The number of imidazole rings is 1. The van der Waals surface area contributed by atoms with Gasteiger partial charge in [0, 0.05) is 18.9 Å². The predicted octanol–water partition coefficient (Wildman–Crippen LogP) is 3.10. The zero-order valence-electron chi connectivity index (χ0n) is 15.6. The van der Waals surface area contributed by atoms with Crippen molar-refractivity contribution in [3.63, 3.8) is 0 Å². The quantitative estimate of drug-likeness (QED) is 0.659. The number of methoxy groups -OCH3 is 1. The Labute approximate surface area is 156 Å². The molecular weight excluding hydrogens is 349 g/mol. The van der Waals surface area contributed by atoms with Gasteiger partial charge in [-0.1, -0.05) is 13.8 Å². The van der Waals surface area contributed by atoms with Gasteiger partial charge < -0.3 is 9.64 Å². The monoisotopic (exact) mass is 371 g/mol. The lowest BCUT2D eigenvalue weighted by Gasteiger charge is -2.23. The van der Waals surface area contributed by atoms with Crippen molar-refractivity contribution < 1.29 is 13.9 Å². The highest BCUT2D eigenvalue weighted by Crippen LogP contribution is 2.26. The Morgan fingerprint density at radius 2 is 2.07 bits per heavy atom. The smallest absolute Gasteiger partial charge is 0.328 e. The van der Waals surface area contributed by atoms with Gasteiger partial charge in [-0.2, -0.15) is 0 Å². The van der Waals surface area contributed by atoms with E-state index in [-0.39, 0.29) is 17.8 Å². The number of rotatable bonds is 3. The average molecular weight is 371 g/mol. The number of anilines is 1. The van der Waals surface area contributed by atoms with Crippen LogP contribution in [0.3, 0.4) is 0 Å². The molecule has 0 spiro atoms. The summed E-state index contributed by atoms with van der Waals surface area (Å²) in [6.07, 6.45) is 6.20. The number of esters is 1. The molecule has 1 aliphatic heterocycles. The predicted molar refractivity (Wildman–Crippen MR) is 99.9 cm³/mol. The van der Waals surface area contributed by atoms with E-state index in [9.17, 15) is 9.18 Å². The van der Waals surface area contributed by atoms with Gasteiger partial charge in [-0.25, -0.2) is 24.1 Å². The zero-order valence-corrected chi connectivity index (χ0v) is 15.6. The van der Waals surface area contributed by atoms with Crippen LogP contribution in [0.15, 0.2) is 36.8 Å². The summed E-state index contributed by atoms with van der Waals surface area (Å²) in [5.41, 5.74) is 1.20. The van der Waals surface area contributed by atoms with Crippen LogP contribution in [0.5, 0.6) is 0 Å². The van der Waals surface area contributed by atoms with Crippen molar-refractivity contribution in [2.75, 3.05) is 18.6 Å². The number of nitrogens with zero attached hydrogens (tertiary/aromatic N) is 5. The molecule has 1 atom stereocenters. The van der Waals surface area contributed by atoms with Crippen molar-refractivity contribution in [2.24, 2.45) is 0 Å². The Morgan fingerprint density at radius 1 is 1.26 bits per heavy atom. The van der Waals surface area contributed by atoms with E-state index in [0.717, 1.165) is 19.4 Å². The first kappa shape index (κ1) is 18.8. The molecule has 1 saturated heterocycles. The van der Waals surface area contributed by atoms with Crippen molar-refractivity contribution in [3.8, 4) is 11.5 Å². The van der Waals surface area contributed by atoms with Crippen LogP contribution < -0.4 is 4.90 Å². The second-order valence-corrected chi connectivity index (χ2v) is 5.83. The SMILES string of the molecule is CC.COC(=O)C1CCCN1c1ccnc(-c2cnc3ccc(F)cn23)n1. The molecule has 1 unspecified atom stereocenters. The summed E-state index contributed by atoms with van der Waals surface area (Å²) < 4.78 is 20.1. The van der Waals surface area contributed by atoms with Gasteiger partial charge in [0.2, 0.25) is 0 Å². The Hall–Kier alpha value is -3.03. The van der Waals surface area contributed by atoms with Crippen LogP contribution in [-0.2, 0) is 9.53 Å². The number of fused-ring (bicyclic) bond motifs is 1. The summed E-state index contributed by atoms with van der Waals surface area (Å²) in [5, 5.41) is 0. The van der Waals surface area contributed by atoms with Gasteiger partial charge in [0.1, 0.15) is 29.0 Å². The molecule has 8 heteroatoms. The molecule has 0 amide bonds. The molecule has 0 saturated carbocycles. The number of carbonyl (C=O) groups excluding carboxylic acids is 1. The maximum atomic E-state index is 13.6. The maximum absolute atomic E-state index is 13.6. The Kier molecular flexibility index (Phi) is 5.63. The normalized spacial score (nSPS) is 16.1. The second-order valence-electron chi connectivity index (χ2n) is 5.83. The molecule has 27 heavy (non-hydrogen) atoms. The van der Waals surface area contributed by atoms with Crippen molar-refractivity contribution in [3.05, 3.63) is 42.6 Å². The highest BCUT2D eigenvalue weighted by molar-refractivity contribution is 5.80. The molecule has 0 aromatic carbocycles. The van der Waals surface area contributed by atoms with Gasteiger partial charge in [0.25, 0.3) is 0 Å². The fraction of sp³-hybridized carbons (Fsp3) is 0.368. The van der Waals surface area contributed by atoms with E-state index in [4.69, 9.17) is 4.74 Å². The number of carbonyl (C=O) groups is 1. The number of pyridine rings is 1. The standard InChI is InChI=1S/C17H16FN5O2.C2H6/c1-25-17(24)12-3-2-8-22(12)15-6-7-19-16(21-15)13-9-20-14-5-4-11(18)10-23(13)14;1-2/h4-7,9-10,12H,2-3,8H2,1H3;1-2H3. The van der Waals surface area contributed by atoms with Gasteiger partial charge in [0.05, 0.1) is 13.3 Å². The minimum Gasteiger partial charge on any atom is -0.467 e. The van der Waals surface area contributed by atoms with Crippen molar-refractivity contribution >= 4 is 17.4 Å². The molecule has 1 aliphatic rings. The lowest BCUT2D eigenvalue weighted by atomic mass is 10.2. The first-order valence-electron chi connectivity index (χ1n) is 8.98. The first-order valence-corrected chi connectivity index (χ1v) is 8.98. The lowest BCUT2D eigenvalue weighted by molar-refractivity contribution is -0.141. The number of hydrogen-bond acceptors (Lipinski definition) is 6. The average Bonchev–Trinajstić information content (AvgIpc) is 3.36. The van der Waals surface area contributed by atoms with E-state index in [1.807, 2.05) is 18.7 Å². The molecule has 7 nitrogen and oxygen atoms in total. The van der Waals surface area contributed by atoms with Crippen molar-refractivity contribution in [1.29, 1.82) is 0 Å². The fourth-order valence-electron chi connectivity index (χ4n) is 3.17. The zero-order chi connectivity index (χ0) is 19.4. The van der Waals surface area contributed by atoms with Crippen LogP contribution in [0.1, 0.15) is 26.7 Å². The van der Waals surface area contributed by atoms with E-state index in [1.165, 1.54) is 19.4 Å². The van der Waals surface area contributed by atoms with Gasteiger partial charge in [-0.15, -0.1) is 0 Å². The molecule has 4 heterocycles. The van der Waals surface area contributed by atoms with Crippen LogP contribution in [-0.4, -0.2) is 45.0 Å². The third-order valence-corrected chi connectivity index (χ3v) is 4.36. The van der Waals surface area contributed by atoms with Crippen LogP contribution in [0.25, 0.3) is 17.2 Å². The topological polar surface area (TPSA) is 72.6 Å².